The molecule has 2 rings (SSSR count). The summed E-state index contributed by atoms with van der Waals surface area (Å²) in [5.74, 6) is 0.641. The minimum absolute atomic E-state index is 0.00242. The van der Waals surface area contributed by atoms with Crippen molar-refractivity contribution in [2.75, 3.05) is 0 Å². The van der Waals surface area contributed by atoms with Crippen LogP contribution in [0.5, 0.6) is 0 Å². The quantitative estimate of drug-likeness (QED) is 0.608. The van der Waals surface area contributed by atoms with E-state index in [1.54, 1.807) is 12.1 Å². The molecule has 20 heavy (non-hydrogen) atoms. The van der Waals surface area contributed by atoms with Crippen molar-refractivity contribution in [1.82, 2.24) is 0 Å². The molecule has 0 aliphatic heterocycles. The third-order valence-electron chi connectivity index (χ3n) is 3.98. The van der Waals surface area contributed by atoms with Gasteiger partial charge in [0.1, 0.15) is 0 Å². The number of para-hydroxylation sites is 1. The number of nitrogens with zero attached hydrogens (tertiary/aromatic N) is 2. The lowest BCUT2D eigenvalue weighted by Crippen LogP contribution is -2.26. The Morgan fingerprint density at radius 1 is 1.45 bits per heavy atom. The highest BCUT2D eigenvalue weighted by Gasteiger charge is 2.32. The first-order valence-electron chi connectivity index (χ1n) is 6.95. The molecule has 0 N–H and O–H groups in total. The topological polar surface area (TPSA) is 66.9 Å². The Morgan fingerprint density at radius 3 is 2.85 bits per heavy atom. The first kappa shape index (κ1) is 14.9. The molecule has 3 unspecified atom stereocenters. The largest absolute Gasteiger partial charge is 0.282 e. The van der Waals surface area contributed by atoms with E-state index in [-0.39, 0.29) is 21.8 Å². The van der Waals surface area contributed by atoms with E-state index in [1.807, 2.05) is 6.07 Å². The second-order valence-electron chi connectivity index (χ2n) is 5.20. The fourth-order valence-corrected chi connectivity index (χ4v) is 4.21. The number of nitro benzene ring substituents is 1. The van der Waals surface area contributed by atoms with Crippen LogP contribution in [-0.4, -0.2) is 10.2 Å². The van der Waals surface area contributed by atoms with Crippen LogP contribution in [0.25, 0.3) is 0 Å². The van der Waals surface area contributed by atoms with E-state index >= 15 is 0 Å². The lowest BCUT2D eigenvalue weighted by molar-refractivity contribution is -0.387. The average molecular weight is 290 g/mol. The minimum atomic E-state index is -0.343. The van der Waals surface area contributed by atoms with E-state index in [4.69, 9.17) is 0 Å². The van der Waals surface area contributed by atoms with E-state index in [2.05, 4.69) is 13.0 Å². The molecule has 106 valence electrons. The summed E-state index contributed by atoms with van der Waals surface area (Å²) in [6.45, 7) is 2.17. The molecule has 0 amide bonds. The van der Waals surface area contributed by atoms with Gasteiger partial charge in [0.25, 0.3) is 5.69 Å². The lowest BCUT2D eigenvalue weighted by Gasteiger charge is -2.31. The highest BCUT2D eigenvalue weighted by atomic mass is 32.2. The van der Waals surface area contributed by atoms with Crippen molar-refractivity contribution in [3.8, 4) is 6.07 Å². The fourth-order valence-electron chi connectivity index (χ4n) is 2.73. The molecule has 3 atom stereocenters. The van der Waals surface area contributed by atoms with E-state index in [1.165, 1.54) is 17.8 Å². The molecule has 1 fully saturated rings. The molecular weight excluding hydrogens is 272 g/mol. The van der Waals surface area contributed by atoms with Crippen molar-refractivity contribution in [3.05, 3.63) is 34.4 Å². The van der Waals surface area contributed by atoms with Crippen molar-refractivity contribution < 1.29 is 4.92 Å². The van der Waals surface area contributed by atoms with Gasteiger partial charge in [-0.25, -0.2) is 0 Å². The number of nitriles is 1. The molecule has 0 radical (unpaired) electrons. The summed E-state index contributed by atoms with van der Waals surface area (Å²) in [5.41, 5.74) is 0.146. The molecule has 1 aliphatic rings. The Hall–Kier alpha value is -1.54. The van der Waals surface area contributed by atoms with E-state index in [9.17, 15) is 15.4 Å². The maximum Gasteiger partial charge on any atom is 0.282 e. The molecule has 1 aliphatic carbocycles. The fraction of sp³-hybridized carbons (Fsp3) is 0.533. The maximum absolute atomic E-state index is 11.1. The summed E-state index contributed by atoms with van der Waals surface area (Å²) >= 11 is 1.51. The summed E-state index contributed by atoms with van der Waals surface area (Å²) < 4.78 is 0. The first-order chi connectivity index (χ1) is 9.65. The van der Waals surface area contributed by atoms with Gasteiger partial charge in [-0.3, -0.25) is 10.1 Å². The Bertz CT molecular complexity index is 527. The molecule has 4 nitrogen and oxygen atoms in total. The zero-order valence-electron chi connectivity index (χ0n) is 11.5. The van der Waals surface area contributed by atoms with Crippen molar-refractivity contribution in [2.24, 2.45) is 11.8 Å². The Kier molecular flexibility index (Phi) is 5.02. The Morgan fingerprint density at radius 2 is 2.20 bits per heavy atom. The van der Waals surface area contributed by atoms with Gasteiger partial charge in [-0.05, 0) is 31.2 Å². The van der Waals surface area contributed by atoms with Crippen LogP contribution in [0.15, 0.2) is 29.2 Å². The first-order valence-corrected chi connectivity index (χ1v) is 7.83. The van der Waals surface area contributed by atoms with E-state index < -0.39 is 0 Å². The van der Waals surface area contributed by atoms with Gasteiger partial charge in [-0.1, -0.05) is 25.5 Å². The van der Waals surface area contributed by atoms with Crippen molar-refractivity contribution in [1.29, 1.82) is 5.26 Å². The van der Waals surface area contributed by atoms with Gasteiger partial charge >= 0.3 is 0 Å². The molecule has 1 saturated carbocycles. The molecule has 1 aromatic rings. The molecule has 1 aromatic carbocycles. The third-order valence-corrected chi connectivity index (χ3v) is 5.41. The second kappa shape index (κ2) is 6.76. The van der Waals surface area contributed by atoms with Gasteiger partial charge in [0, 0.05) is 11.3 Å². The van der Waals surface area contributed by atoms with Crippen molar-refractivity contribution >= 4 is 17.4 Å². The Balaban J connectivity index is 2.18. The molecule has 0 heterocycles. The van der Waals surface area contributed by atoms with Crippen LogP contribution in [0.3, 0.4) is 0 Å². The highest BCUT2D eigenvalue weighted by Crippen LogP contribution is 2.42. The third kappa shape index (κ3) is 3.31. The lowest BCUT2D eigenvalue weighted by atomic mass is 9.81. The van der Waals surface area contributed by atoms with Gasteiger partial charge in [0.15, 0.2) is 0 Å². The second-order valence-corrected chi connectivity index (χ2v) is 6.49. The van der Waals surface area contributed by atoms with Crippen LogP contribution < -0.4 is 0 Å². The Labute approximate surface area is 123 Å². The summed E-state index contributed by atoms with van der Waals surface area (Å²) in [5, 5.41) is 20.5. The van der Waals surface area contributed by atoms with Gasteiger partial charge in [0.05, 0.1) is 21.8 Å². The van der Waals surface area contributed by atoms with Crippen LogP contribution in [0.4, 0.5) is 5.69 Å². The number of thioether (sulfide) groups is 1. The maximum atomic E-state index is 11.1. The smallest absolute Gasteiger partial charge is 0.258 e. The zero-order valence-corrected chi connectivity index (χ0v) is 12.3. The van der Waals surface area contributed by atoms with Gasteiger partial charge in [0.2, 0.25) is 0 Å². The molecule has 0 bridgehead atoms. The molecule has 0 aromatic heterocycles. The predicted molar refractivity (Wildman–Crippen MR) is 79.5 cm³/mol. The average Bonchev–Trinajstić information content (AvgIpc) is 2.47. The van der Waals surface area contributed by atoms with E-state index in [0.717, 1.165) is 25.7 Å². The summed E-state index contributed by atoms with van der Waals surface area (Å²) in [6, 6.07) is 9.19. The van der Waals surface area contributed by atoms with Crippen LogP contribution in [-0.2, 0) is 0 Å². The van der Waals surface area contributed by atoms with E-state index in [0.29, 0.717) is 10.8 Å². The van der Waals surface area contributed by atoms with Crippen LogP contribution in [0.1, 0.15) is 32.6 Å². The van der Waals surface area contributed by atoms with Crippen molar-refractivity contribution in [2.45, 2.75) is 42.8 Å². The number of benzene rings is 1. The molecular formula is C15H18N2O2S. The SMILES string of the molecule is CCC1CCC(C#N)C(Sc2ccccc2[N+](=O)[O-])C1. The number of hydrogen-bond acceptors (Lipinski definition) is 4. The number of nitro groups is 1. The van der Waals surface area contributed by atoms with Gasteiger partial charge in [-0.15, -0.1) is 11.8 Å². The standard InChI is InChI=1S/C15H18N2O2S/c1-2-11-7-8-12(10-16)15(9-11)20-14-6-4-3-5-13(14)17(18)19/h3-6,11-12,15H,2,7-9H2,1H3. The van der Waals surface area contributed by atoms with Gasteiger partial charge < -0.3 is 0 Å². The minimum Gasteiger partial charge on any atom is -0.258 e. The monoisotopic (exact) mass is 290 g/mol. The zero-order chi connectivity index (χ0) is 14.5. The van der Waals surface area contributed by atoms with Crippen LogP contribution >= 0.6 is 11.8 Å². The molecule has 0 saturated heterocycles. The number of rotatable bonds is 4. The number of hydrogen-bond donors (Lipinski definition) is 0. The van der Waals surface area contributed by atoms with Crippen LogP contribution in [0, 0.1) is 33.3 Å². The highest BCUT2D eigenvalue weighted by molar-refractivity contribution is 8.00. The summed E-state index contributed by atoms with van der Waals surface area (Å²) in [4.78, 5) is 11.4. The van der Waals surface area contributed by atoms with Crippen molar-refractivity contribution in [3.63, 3.8) is 0 Å². The molecule has 0 spiro atoms. The molecule has 5 heteroatoms. The summed E-state index contributed by atoms with van der Waals surface area (Å²) in [7, 11) is 0. The normalized spacial score (nSPS) is 25.9. The summed E-state index contributed by atoms with van der Waals surface area (Å²) in [6.07, 6.45) is 4.10. The van der Waals surface area contributed by atoms with Gasteiger partial charge in [-0.2, -0.15) is 5.26 Å². The van der Waals surface area contributed by atoms with Crippen LogP contribution in [0.2, 0.25) is 0 Å². The predicted octanol–water partition coefficient (Wildman–Crippen LogP) is 4.41.